The van der Waals surface area contributed by atoms with Gasteiger partial charge in [0.15, 0.2) is 0 Å². The van der Waals surface area contributed by atoms with Gasteiger partial charge in [0.25, 0.3) is 5.91 Å². The van der Waals surface area contributed by atoms with Crippen LogP contribution >= 0.6 is 0 Å². The van der Waals surface area contributed by atoms with Crippen molar-refractivity contribution in [2.45, 2.75) is 13.1 Å². The summed E-state index contributed by atoms with van der Waals surface area (Å²) in [6.45, 7) is 4.51. The number of halogens is 3. The lowest BCUT2D eigenvalue weighted by Crippen LogP contribution is -2.36. The van der Waals surface area contributed by atoms with E-state index in [0.29, 0.717) is 37.7 Å². The van der Waals surface area contributed by atoms with Gasteiger partial charge in [-0.25, -0.2) is 4.98 Å². The molecule has 0 unspecified atom stereocenters. The molecular formula is C25H21F3N4O2. The van der Waals surface area contributed by atoms with Crippen molar-refractivity contribution in [2.24, 2.45) is 0 Å². The fourth-order valence-corrected chi connectivity index (χ4v) is 3.64. The predicted octanol–water partition coefficient (Wildman–Crippen LogP) is 4.54. The van der Waals surface area contributed by atoms with Crippen LogP contribution in [-0.2, 0) is 10.9 Å². The number of benzene rings is 1. The van der Waals surface area contributed by atoms with Crippen LogP contribution < -0.4 is 10.2 Å². The number of aryl methyl sites for hydroxylation is 1. The van der Waals surface area contributed by atoms with Gasteiger partial charge in [-0.1, -0.05) is 12.0 Å². The number of hydrogen-bond donors (Lipinski definition) is 1. The molecule has 4 rings (SSSR count). The minimum atomic E-state index is -4.64. The molecule has 1 N–H and O–H groups in total. The molecule has 3 aromatic rings. The highest BCUT2D eigenvalue weighted by atomic mass is 19.4. The van der Waals surface area contributed by atoms with Gasteiger partial charge in [-0.05, 0) is 60.0 Å². The number of terminal acetylenes is 1. The Kier molecular flexibility index (Phi) is 6.52. The minimum absolute atomic E-state index is 0.141. The lowest BCUT2D eigenvalue weighted by Gasteiger charge is -2.28. The number of amides is 1. The van der Waals surface area contributed by atoms with Crippen LogP contribution in [0.4, 0.5) is 24.7 Å². The van der Waals surface area contributed by atoms with Crippen LogP contribution in [-0.4, -0.2) is 42.2 Å². The van der Waals surface area contributed by atoms with E-state index in [9.17, 15) is 18.0 Å². The molecule has 174 valence electrons. The number of ether oxygens (including phenoxy) is 1. The van der Waals surface area contributed by atoms with E-state index in [1.165, 1.54) is 6.07 Å². The largest absolute Gasteiger partial charge is 0.433 e. The zero-order valence-electron chi connectivity index (χ0n) is 18.3. The number of morpholine rings is 1. The van der Waals surface area contributed by atoms with Crippen molar-refractivity contribution in [1.82, 2.24) is 9.97 Å². The molecule has 0 spiro atoms. The van der Waals surface area contributed by atoms with Crippen molar-refractivity contribution in [3.8, 4) is 23.5 Å². The smallest absolute Gasteiger partial charge is 0.378 e. The van der Waals surface area contributed by atoms with Crippen LogP contribution in [0.5, 0.6) is 0 Å². The molecule has 0 saturated carbocycles. The topological polar surface area (TPSA) is 67.4 Å². The molecule has 9 heteroatoms. The number of nitrogens with zero attached hydrogens (tertiary/aromatic N) is 3. The number of hydrogen-bond acceptors (Lipinski definition) is 5. The van der Waals surface area contributed by atoms with E-state index < -0.39 is 17.8 Å². The highest BCUT2D eigenvalue weighted by Crippen LogP contribution is 2.31. The molecule has 3 heterocycles. The average Bonchev–Trinajstić information content (AvgIpc) is 2.85. The molecular weight excluding hydrogens is 445 g/mol. The quantitative estimate of drug-likeness (QED) is 0.572. The van der Waals surface area contributed by atoms with E-state index in [1.54, 1.807) is 18.2 Å². The van der Waals surface area contributed by atoms with Gasteiger partial charge in [0.1, 0.15) is 17.2 Å². The third-order valence-corrected chi connectivity index (χ3v) is 5.41. The molecule has 34 heavy (non-hydrogen) atoms. The fraction of sp³-hybridized carbons (Fsp3) is 0.240. The molecule has 6 nitrogen and oxygen atoms in total. The Morgan fingerprint density at radius 3 is 2.62 bits per heavy atom. The molecule has 1 fully saturated rings. The Labute approximate surface area is 194 Å². The summed E-state index contributed by atoms with van der Waals surface area (Å²) in [5.41, 5.74) is 2.21. The highest BCUT2D eigenvalue weighted by molar-refractivity contribution is 6.04. The summed E-state index contributed by atoms with van der Waals surface area (Å²) in [7, 11) is 0. The maximum Gasteiger partial charge on any atom is 0.433 e. The summed E-state index contributed by atoms with van der Waals surface area (Å²) in [4.78, 5) is 22.5. The van der Waals surface area contributed by atoms with Gasteiger partial charge in [-0.3, -0.25) is 9.78 Å². The van der Waals surface area contributed by atoms with Gasteiger partial charge in [-0.15, -0.1) is 6.42 Å². The van der Waals surface area contributed by atoms with Gasteiger partial charge in [0.05, 0.1) is 13.2 Å². The van der Waals surface area contributed by atoms with E-state index in [2.05, 4.69) is 26.1 Å². The zero-order valence-corrected chi connectivity index (χ0v) is 18.3. The number of nitrogens with one attached hydrogen (secondary N) is 1. The fourth-order valence-electron chi connectivity index (χ4n) is 3.64. The van der Waals surface area contributed by atoms with Crippen molar-refractivity contribution in [1.29, 1.82) is 0 Å². The molecule has 0 bridgehead atoms. The summed E-state index contributed by atoms with van der Waals surface area (Å²) in [5.74, 6) is 2.65. The van der Waals surface area contributed by atoms with Crippen LogP contribution in [0.3, 0.4) is 0 Å². The number of alkyl halides is 3. The second-order valence-electron chi connectivity index (χ2n) is 7.75. The van der Waals surface area contributed by atoms with Crippen molar-refractivity contribution in [3.63, 3.8) is 0 Å². The van der Waals surface area contributed by atoms with Gasteiger partial charge in [-0.2, -0.15) is 13.2 Å². The molecule has 0 atom stereocenters. The molecule has 2 aromatic heterocycles. The molecule has 1 aromatic carbocycles. The number of carbonyl (C=O) groups is 1. The van der Waals surface area contributed by atoms with Gasteiger partial charge >= 0.3 is 6.18 Å². The first-order valence-electron chi connectivity index (χ1n) is 10.5. The third-order valence-electron chi connectivity index (χ3n) is 5.41. The Hall–Kier alpha value is -3.90. The van der Waals surface area contributed by atoms with Crippen LogP contribution in [0, 0.1) is 19.3 Å². The molecule has 1 aliphatic heterocycles. The van der Waals surface area contributed by atoms with Crippen molar-refractivity contribution >= 4 is 17.4 Å². The molecule has 1 saturated heterocycles. The lowest BCUT2D eigenvalue weighted by atomic mass is 9.99. The minimum Gasteiger partial charge on any atom is -0.378 e. The standard InChI is InChI=1S/C25H21F3N4O2/c1-3-19-12-18(14-23(30-19)32-8-10-34-11-9-32)21-15-20(5-4-16(21)2)31-24(33)17-6-7-29-22(13-17)25(26,27)28/h1,4-7,12-15H,8-11H2,2H3,(H,31,33). The number of carbonyl (C=O) groups excluding carboxylic acids is 1. The van der Waals surface area contributed by atoms with E-state index in [1.807, 2.05) is 19.1 Å². The summed E-state index contributed by atoms with van der Waals surface area (Å²) in [6, 6.07) is 10.9. The molecule has 1 amide bonds. The maximum absolute atomic E-state index is 12.9. The second-order valence-corrected chi connectivity index (χ2v) is 7.75. The van der Waals surface area contributed by atoms with Crippen LogP contribution in [0.1, 0.15) is 27.3 Å². The number of pyridine rings is 2. The van der Waals surface area contributed by atoms with Crippen molar-refractivity contribution < 1.29 is 22.7 Å². The van der Waals surface area contributed by atoms with Crippen molar-refractivity contribution in [3.05, 3.63) is 71.2 Å². The molecule has 1 aliphatic rings. The SMILES string of the molecule is C#Cc1cc(-c2cc(NC(=O)c3ccnc(C(F)(F)F)c3)ccc2C)cc(N2CCOCC2)n1. The Balaban J connectivity index is 1.64. The Morgan fingerprint density at radius 2 is 1.91 bits per heavy atom. The van der Waals surface area contributed by atoms with Crippen molar-refractivity contribution in [2.75, 3.05) is 36.5 Å². The first-order valence-corrected chi connectivity index (χ1v) is 10.5. The van der Waals surface area contributed by atoms with E-state index in [4.69, 9.17) is 11.2 Å². The molecule has 0 aliphatic carbocycles. The summed E-state index contributed by atoms with van der Waals surface area (Å²) >= 11 is 0. The normalized spacial score (nSPS) is 13.9. The van der Waals surface area contributed by atoms with E-state index in [0.717, 1.165) is 34.8 Å². The van der Waals surface area contributed by atoms with Gasteiger partial charge in [0, 0.05) is 30.5 Å². The van der Waals surface area contributed by atoms with Crippen LogP contribution in [0.15, 0.2) is 48.7 Å². The maximum atomic E-state index is 12.9. The molecule has 0 radical (unpaired) electrons. The summed E-state index contributed by atoms with van der Waals surface area (Å²) in [5, 5.41) is 2.66. The predicted molar refractivity (Wildman–Crippen MR) is 123 cm³/mol. The van der Waals surface area contributed by atoms with Crippen LogP contribution in [0.25, 0.3) is 11.1 Å². The Morgan fingerprint density at radius 1 is 1.15 bits per heavy atom. The average molecular weight is 466 g/mol. The number of rotatable bonds is 4. The first-order chi connectivity index (χ1) is 16.2. The lowest BCUT2D eigenvalue weighted by molar-refractivity contribution is -0.141. The summed E-state index contributed by atoms with van der Waals surface area (Å²) in [6.07, 6.45) is 1.96. The third kappa shape index (κ3) is 5.18. The van der Waals surface area contributed by atoms with Gasteiger partial charge in [0.2, 0.25) is 0 Å². The van der Waals surface area contributed by atoms with Crippen LogP contribution in [0.2, 0.25) is 0 Å². The number of aromatic nitrogens is 2. The first kappa shape index (κ1) is 23.3. The monoisotopic (exact) mass is 466 g/mol. The summed E-state index contributed by atoms with van der Waals surface area (Å²) < 4.78 is 44.3. The highest BCUT2D eigenvalue weighted by Gasteiger charge is 2.33. The van der Waals surface area contributed by atoms with Gasteiger partial charge < -0.3 is 15.0 Å². The second kappa shape index (κ2) is 9.53. The zero-order chi connectivity index (χ0) is 24.3. The van der Waals surface area contributed by atoms with E-state index >= 15 is 0 Å². The van der Waals surface area contributed by atoms with E-state index in [-0.39, 0.29) is 5.56 Å². The Bertz CT molecular complexity index is 1260. The number of anilines is 2.